The van der Waals surface area contributed by atoms with E-state index in [0.29, 0.717) is 12.2 Å². The van der Waals surface area contributed by atoms with Crippen molar-refractivity contribution in [3.8, 4) is 5.75 Å². The molecule has 0 amide bonds. The largest absolute Gasteiger partial charge is 0.479 e. The van der Waals surface area contributed by atoms with Crippen molar-refractivity contribution in [3.63, 3.8) is 0 Å². The summed E-state index contributed by atoms with van der Waals surface area (Å²) in [7, 11) is 0. The number of hydrogen-bond donors (Lipinski definition) is 1. The summed E-state index contributed by atoms with van der Waals surface area (Å²) in [6.07, 6.45) is 15.2. The molecule has 0 saturated heterocycles. The van der Waals surface area contributed by atoms with E-state index < -0.39 is 12.1 Å². The number of carboxylic acid groups (broad SMARTS) is 1. The summed E-state index contributed by atoms with van der Waals surface area (Å²) in [4.78, 5) is 11.5. The van der Waals surface area contributed by atoms with Crippen molar-refractivity contribution >= 4 is 11.5 Å². The van der Waals surface area contributed by atoms with E-state index >= 15 is 0 Å². The van der Waals surface area contributed by atoms with Crippen LogP contribution in [-0.2, 0) is 4.79 Å². The summed E-state index contributed by atoms with van der Waals surface area (Å²) in [5.41, 5.74) is 2.66. The van der Waals surface area contributed by atoms with Gasteiger partial charge in [0.1, 0.15) is 5.75 Å². The van der Waals surface area contributed by atoms with Gasteiger partial charge in [0.2, 0.25) is 0 Å². The van der Waals surface area contributed by atoms with E-state index in [0.717, 1.165) is 25.7 Å². The van der Waals surface area contributed by atoms with Crippen molar-refractivity contribution in [2.24, 2.45) is 0 Å². The van der Waals surface area contributed by atoms with E-state index in [2.05, 4.69) is 25.1 Å². The number of unbranched alkanes of at least 4 members (excludes halogenated alkanes) is 4. The number of rotatable bonds is 10. The summed E-state index contributed by atoms with van der Waals surface area (Å²) in [6, 6.07) is 7.98. The zero-order chi connectivity index (χ0) is 18.6. The first-order chi connectivity index (χ1) is 12.7. The van der Waals surface area contributed by atoms with Gasteiger partial charge in [0.25, 0.3) is 0 Å². The van der Waals surface area contributed by atoms with Crippen molar-refractivity contribution < 1.29 is 14.6 Å². The minimum atomic E-state index is -0.868. The fourth-order valence-electron chi connectivity index (χ4n) is 3.53. The topological polar surface area (TPSA) is 46.5 Å². The highest BCUT2D eigenvalue weighted by Crippen LogP contribution is 2.27. The number of aliphatic carboxylic acids is 1. The molecule has 26 heavy (non-hydrogen) atoms. The second-order valence-electron chi connectivity index (χ2n) is 7.35. The first-order valence-electron chi connectivity index (χ1n) is 10.4. The Labute approximate surface area is 158 Å². The van der Waals surface area contributed by atoms with Crippen LogP contribution in [0.25, 0.3) is 5.57 Å². The van der Waals surface area contributed by atoms with Gasteiger partial charge < -0.3 is 9.84 Å². The van der Waals surface area contributed by atoms with E-state index in [9.17, 15) is 9.90 Å². The Kier molecular flexibility index (Phi) is 9.30. The van der Waals surface area contributed by atoms with Crippen LogP contribution in [0.2, 0.25) is 0 Å². The molecular formula is C23H34O3. The molecule has 0 aromatic heterocycles. The average molecular weight is 359 g/mol. The molecule has 2 rings (SSSR count). The van der Waals surface area contributed by atoms with Gasteiger partial charge in [-0.25, -0.2) is 4.79 Å². The first-order valence-corrected chi connectivity index (χ1v) is 10.4. The molecule has 0 aliphatic heterocycles. The lowest BCUT2D eigenvalue weighted by atomic mass is 9.95. The molecule has 1 aromatic rings. The van der Waals surface area contributed by atoms with Gasteiger partial charge in [-0.2, -0.15) is 0 Å². The zero-order valence-electron chi connectivity index (χ0n) is 16.2. The Bertz CT molecular complexity index is 559. The molecule has 1 aliphatic carbocycles. The predicted octanol–water partition coefficient (Wildman–Crippen LogP) is 6.62. The van der Waals surface area contributed by atoms with Gasteiger partial charge in [-0.3, -0.25) is 0 Å². The van der Waals surface area contributed by atoms with E-state index in [1.54, 1.807) is 0 Å². The maximum absolute atomic E-state index is 11.5. The maximum atomic E-state index is 11.5. The lowest BCUT2D eigenvalue weighted by Crippen LogP contribution is -2.26. The van der Waals surface area contributed by atoms with Crippen LogP contribution in [0, 0.1) is 0 Å². The summed E-state index contributed by atoms with van der Waals surface area (Å²) < 4.78 is 5.75. The van der Waals surface area contributed by atoms with E-state index in [4.69, 9.17) is 4.74 Å². The molecule has 0 saturated carbocycles. The quantitative estimate of drug-likeness (QED) is 0.478. The minimum Gasteiger partial charge on any atom is -0.479 e. The van der Waals surface area contributed by atoms with Gasteiger partial charge in [0, 0.05) is 0 Å². The normalized spacial score (nSPS) is 16.3. The van der Waals surface area contributed by atoms with Crippen LogP contribution in [0.5, 0.6) is 5.75 Å². The maximum Gasteiger partial charge on any atom is 0.344 e. The number of carboxylic acids is 1. The van der Waals surface area contributed by atoms with Gasteiger partial charge in [0.05, 0.1) is 0 Å². The monoisotopic (exact) mass is 358 g/mol. The smallest absolute Gasteiger partial charge is 0.344 e. The molecule has 1 atom stereocenters. The fourth-order valence-corrected chi connectivity index (χ4v) is 3.53. The van der Waals surface area contributed by atoms with Gasteiger partial charge in [0.15, 0.2) is 6.10 Å². The first kappa shape index (κ1) is 20.5. The van der Waals surface area contributed by atoms with E-state index in [1.807, 2.05) is 12.1 Å². The summed E-state index contributed by atoms with van der Waals surface area (Å²) in [5.74, 6) is -0.214. The number of carbonyl (C=O) groups is 1. The lowest BCUT2D eigenvalue weighted by Gasteiger charge is -2.16. The highest BCUT2D eigenvalue weighted by molar-refractivity contribution is 5.72. The Morgan fingerprint density at radius 1 is 1.04 bits per heavy atom. The SMILES string of the molecule is CCCCCCCC(Oc1ccc(C2=CCCCCCC2)cc1)C(=O)O. The van der Waals surface area contributed by atoms with Crippen molar-refractivity contribution in [1.29, 1.82) is 0 Å². The number of benzene rings is 1. The van der Waals surface area contributed by atoms with Crippen molar-refractivity contribution in [2.75, 3.05) is 0 Å². The highest BCUT2D eigenvalue weighted by Gasteiger charge is 2.19. The van der Waals surface area contributed by atoms with Crippen LogP contribution in [-0.4, -0.2) is 17.2 Å². The highest BCUT2D eigenvalue weighted by atomic mass is 16.5. The van der Waals surface area contributed by atoms with Gasteiger partial charge in [-0.05, 0) is 61.8 Å². The van der Waals surface area contributed by atoms with Crippen LogP contribution < -0.4 is 4.74 Å². The molecule has 3 heteroatoms. The molecule has 1 aromatic carbocycles. The lowest BCUT2D eigenvalue weighted by molar-refractivity contribution is -0.145. The molecule has 1 N–H and O–H groups in total. The summed E-state index contributed by atoms with van der Waals surface area (Å²) in [5, 5.41) is 9.42. The van der Waals surface area contributed by atoms with Crippen LogP contribution in [0.1, 0.15) is 89.5 Å². The third kappa shape index (κ3) is 7.23. The van der Waals surface area contributed by atoms with E-state index in [-0.39, 0.29) is 0 Å². The Morgan fingerprint density at radius 3 is 2.50 bits per heavy atom. The van der Waals surface area contributed by atoms with Gasteiger partial charge >= 0.3 is 5.97 Å². The zero-order valence-corrected chi connectivity index (χ0v) is 16.2. The van der Waals surface area contributed by atoms with Crippen LogP contribution in [0.4, 0.5) is 0 Å². The molecule has 0 bridgehead atoms. The van der Waals surface area contributed by atoms with E-state index in [1.165, 1.54) is 56.1 Å². The number of hydrogen-bond acceptors (Lipinski definition) is 2. The molecule has 0 spiro atoms. The standard InChI is InChI=1S/C23H34O3/c1-2-3-4-6-11-14-22(23(24)25)26-21-17-15-20(16-18-21)19-12-9-7-5-8-10-13-19/h12,15-18,22H,2-11,13-14H2,1H3,(H,24,25). The molecule has 0 heterocycles. The third-order valence-electron chi connectivity index (χ3n) is 5.14. The summed E-state index contributed by atoms with van der Waals surface area (Å²) in [6.45, 7) is 2.18. The van der Waals surface area contributed by atoms with Crippen molar-refractivity contribution in [3.05, 3.63) is 35.9 Å². The fraction of sp³-hybridized carbons (Fsp3) is 0.609. The molecule has 1 aliphatic rings. The molecule has 0 radical (unpaired) electrons. The molecule has 0 fully saturated rings. The second kappa shape index (κ2) is 11.8. The third-order valence-corrected chi connectivity index (χ3v) is 5.14. The van der Waals surface area contributed by atoms with Crippen LogP contribution >= 0.6 is 0 Å². The van der Waals surface area contributed by atoms with Crippen LogP contribution in [0.15, 0.2) is 30.3 Å². The molecule has 144 valence electrons. The van der Waals surface area contributed by atoms with Crippen molar-refractivity contribution in [1.82, 2.24) is 0 Å². The molecule has 3 nitrogen and oxygen atoms in total. The Balaban J connectivity index is 1.89. The van der Waals surface area contributed by atoms with Crippen molar-refractivity contribution in [2.45, 2.75) is 90.1 Å². The Morgan fingerprint density at radius 2 is 1.77 bits per heavy atom. The Hall–Kier alpha value is -1.77. The predicted molar refractivity (Wildman–Crippen MR) is 108 cm³/mol. The average Bonchev–Trinajstić information content (AvgIpc) is 2.61. The number of allylic oxidation sites excluding steroid dienone is 2. The van der Waals surface area contributed by atoms with Gasteiger partial charge in [-0.15, -0.1) is 0 Å². The molecule has 1 unspecified atom stereocenters. The molecular weight excluding hydrogens is 324 g/mol. The van der Waals surface area contributed by atoms with Gasteiger partial charge in [-0.1, -0.05) is 63.7 Å². The van der Waals surface area contributed by atoms with Crippen LogP contribution in [0.3, 0.4) is 0 Å². The number of ether oxygens (including phenoxy) is 1. The second-order valence-corrected chi connectivity index (χ2v) is 7.35. The minimum absolute atomic E-state index is 0.575. The summed E-state index contributed by atoms with van der Waals surface area (Å²) >= 11 is 0.